The van der Waals surface area contributed by atoms with Gasteiger partial charge >= 0.3 is 5.97 Å². The molecule has 1 amide bonds. The van der Waals surface area contributed by atoms with Crippen LogP contribution in [0.1, 0.15) is 66.8 Å². The Morgan fingerprint density at radius 2 is 1.79 bits per heavy atom. The summed E-state index contributed by atoms with van der Waals surface area (Å²) < 4.78 is 2.33. The van der Waals surface area contributed by atoms with E-state index in [4.69, 9.17) is 0 Å². The molecule has 2 heterocycles. The van der Waals surface area contributed by atoms with Crippen molar-refractivity contribution in [3.63, 3.8) is 0 Å². The molecular formula is C19H28N2O3. The summed E-state index contributed by atoms with van der Waals surface area (Å²) in [5.74, 6) is -1.25. The molecule has 1 saturated carbocycles. The van der Waals surface area contributed by atoms with Crippen molar-refractivity contribution in [2.75, 3.05) is 13.1 Å². The van der Waals surface area contributed by atoms with Gasteiger partial charge in [-0.1, -0.05) is 26.2 Å². The summed E-state index contributed by atoms with van der Waals surface area (Å²) in [6.45, 7) is 6.87. The van der Waals surface area contributed by atoms with E-state index < -0.39 is 11.9 Å². The average Bonchev–Trinajstić information content (AvgIpc) is 3.08. The van der Waals surface area contributed by atoms with E-state index >= 15 is 0 Å². The lowest BCUT2D eigenvalue weighted by molar-refractivity contribution is -0.142. The van der Waals surface area contributed by atoms with Crippen LogP contribution >= 0.6 is 0 Å². The van der Waals surface area contributed by atoms with Crippen LogP contribution in [0.15, 0.2) is 6.07 Å². The normalized spacial score (nSPS) is 25.2. The van der Waals surface area contributed by atoms with Crippen molar-refractivity contribution in [3.05, 3.63) is 23.0 Å². The van der Waals surface area contributed by atoms with Crippen LogP contribution in [0.3, 0.4) is 0 Å². The second-order valence-electron chi connectivity index (χ2n) is 7.58. The first kappa shape index (κ1) is 17.1. The number of nitrogens with zero attached hydrogens (tertiary/aromatic N) is 2. The van der Waals surface area contributed by atoms with Crippen LogP contribution in [0.4, 0.5) is 0 Å². The number of aromatic nitrogens is 1. The number of likely N-dealkylation sites (tertiary alicyclic amines) is 1. The van der Waals surface area contributed by atoms with Gasteiger partial charge in [0.15, 0.2) is 0 Å². The average molecular weight is 332 g/mol. The number of rotatable bonds is 3. The van der Waals surface area contributed by atoms with Crippen molar-refractivity contribution in [1.29, 1.82) is 0 Å². The molecule has 1 saturated heterocycles. The zero-order valence-corrected chi connectivity index (χ0v) is 14.9. The van der Waals surface area contributed by atoms with Gasteiger partial charge in [0.2, 0.25) is 0 Å². The van der Waals surface area contributed by atoms with Gasteiger partial charge in [0.25, 0.3) is 5.91 Å². The van der Waals surface area contributed by atoms with Crippen molar-refractivity contribution in [2.24, 2.45) is 11.8 Å². The molecule has 0 bridgehead atoms. The monoisotopic (exact) mass is 332 g/mol. The molecule has 24 heavy (non-hydrogen) atoms. The third-order valence-corrected chi connectivity index (χ3v) is 5.87. The second kappa shape index (κ2) is 6.61. The standard InChI is InChI=1S/C19H28N2O3/c1-12-10-20(11-17(12)19(23)24)18(22)16-9-13(2)21(14(16)3)15-7-5-4-6-8-15/h9,12,15,17H,4-8,10-11H2,1-3H3,(H,23,24)/t12-,17-/m1/s1. The molecule has 1 N–H and O–H groups in total. The molecule has 2 fully saturated rings. The van der Waals surface area contributed by atoms with Gasteiger partial charge in [-0.2, -0.15) is 0 Å². The summed E-state index contributed by atoms with van der Waals surface area (Å²) in [4.78, 5) is 26.0. The molecule has 2 aliphatic rings. The Balaban J connectivity index is 1.82. The van der Waals surface area contributed by atoms with Gasteiger partial charge in [0.1, 0.15) is 0 Å². The summed E-state index contributed by atoms with van der Waals surface area (Å²) in [6.07, 6.45) is 6.20. The van der Waals surface area contributed by atoms with Crippen molar-refractivity contribution in [3.8, 4) is 0 Å². The van der Waals surface area contributed by atoms with E-state index in [0.29, 0.717) is 19.1 Å². The Bertz CT molecular complexity index is 643. The lowest BCUT2D eigenvalue weighted by Crippen LogP contribution is -2.30. The molecule has 1 aromatic heterocycles. The van der Waals surface area contributed by atoms with Gasteiger partial charge in [0.05, 0.1) is 11.5 Å². The Hall–Kier alpha value is -1.78. The van der Waals surface area contributed by atoms with E-state index in [-0.39, 0.29) is 11.8 Å². The summed E-state index contributed by atoms with van der Waals surface area (Å²) in [6, 6.07) is 2.50. The number of hydrogen-bond donors (Lipinski definition) is 1. The molecule has 1 aliphatic heterocycles. The van der Waals surface area contributed by atoms with Gasteiger partial charge in [-0.25, -0.2) is 0 Å². The first-order valence-electron chi connectivity index (χ1n) is 9.10. The molecule has 5 nitrogen and oxygen atoms in total. The number of carboxylic acid groups (broad SMARTS) is 1. The highest BCUT2D eigenvalue weighted by Crippen LogP contribution is 2.33. The molecule has 132 valence electrons. The topological polar surface area (TPSA) is 62.5 Å². The molecule has 0 aromatic carbocycles. The van der Waals surface area contributed by atoms with Crippen LogP contribution in [0, 0.1) is 25.7 Å². The summed E-state index contributed by atoms with van der Waals surface area (Å²) >= 11 is 0. The van der Waals surface area contributed by atoms with Crippen LogP contribution < -0.4 is 0 Å². The van der Waals surface area contributed by atoms with Crippen LogP contribution in [0.5, 0.6) is 0 Å². The molecule has 2 atom stereocenters. The minimum Gasteiger partial charge on any atom is -0.481 e. The van der Waals surface area contributed by atoms with Gasteiger partial charge in [0, 0.05) is 30.5 Å². The maximum atomic E-state index is 12.9. The first-order chi connectivity index (χ1) is 11.4. The number of aryl methyl sites for hydroxylation is 1. The molecule has 3 rings (SSSR count). The maximum absolute atomic E-state index is 12.9. The predicted octanol–water partition coefficient (Wildman–Crippen LogP) is 3.40. The molecule has 0 radical (unpaired) electrons. The number of carbonyl (C=O) groups excluding carboxylic acids is 1. The third-order valence-electron chi connectivity index (χ3n) is 5.87. The molecule has 0 spiro atoms. The fourth-order valence-electron chi connectivity index (χ4n) is 4.52. The zero-order chi connectivity index (χ0) is 17.4. The number of carbonyl (C=O) groups is 2. The minimum absolute atomic E-state index is 0.00767. The van der Waals surface area contributed by atoms with Gasteiger partial charge in [-0.3, -0.25) is 9.59 Å². The highest BCUT2D eigenvalue weighted by atomic mass is 16.4. The van der Waals surface area contributed by atoms with Crippen molar-refractivity contribution in [1.82, 2.24) is 9.47 Å². The van der Waals surface area contributed by atoms with Crippen LogP contribution in [0.2, 0.25) is 0 Å². The molecule has 0 unspecified atom stereocenters. The van der Waals surface area contributed by atoms with Gasteiger partial charge in [-0.05, 0) is 38.7 Å². The lowest BCUT2D eigenvalue weighted by atomic mass is 9.95. The quantitative estimate of drug-likeness (QED) is 0.923. The Morgan fingerprint density at radius 3 is 2.38 bits per heavy atom. The highest BCUT2D eigenvalue weighted by molar-refractivity contribution is 5.96. The minimum atomic E-state index is -0.800. The second-order valence-corrected chi connectivity index (χ2v) is 7.58. The largest absolute Gasteiger partial charge is 0.481 e. The summed E-state index contributed by atoms with van der Waals surface area (Å²) in [7, 11) is 0. The summed E-state index contributed by atoms with van der Waals surface area (Å²) in [5.41, 5.74) is 2.93. The van der Waals surface area contributed by atoms with Crippen LogP contribution in [-0.4, -0.2) is 39.5 Å². The number of carboxylic acids is 1. The highest BCUT2D eigenvalue weighted by Gasteiger charge is 2.38. The fraction of sp³-hybridized carbons (Fsp3) is 0.684. The number of hydrogen-bond acceptors (Lipinski definition) is 2. The Kier molecular flexibility index (Phi) is 4.70. The predicted molar refractivity (Wildman–Crippen MR) is 92.2 cm³/mol. The van der Waals surface area contributed by atoms with Crippen molar-refractivity contribution >= 4 is 11.9 Å². The van der Waals surface area contributed by atoms with E-state index in [1.54, 1.807) is 4.90 Å². The van der Waals surface area contributed by atoms with Gasteiger partial charge in [-0.15, -0.1) is 0 Å². The number of amides is 1. The van der Waals surface area contributed by atoms with E-state index in [1.165, 1.54) is 32.1 Å². The Labute approximate surface area is 143 Å². The van der Waals surface area contributed by atoms with Crippen LogP contribution in [0.25, 0.3) is 0 Å². The van der Waals surface area contributed by atoms with Crippen molar-refractivity contribution < 1.29 is 14.7 Å². The SMILES string of the molecule is Cc1cc(C(=O)N2C[C@@H](C)[C@H](C(=O)O)C2)c(C)n1C1CCCCC1. The van der Waals surface area contributed by atoms with E-state index in [1.807, 2.05) is 19.9 Å². The zero-order valence-electron chi connectivity index (χ0n) is 14.9. The smallest absolute Gasteiger partial charge is 0.308 e. The molecule has 1 aromatic rings. The Morgan fingerprint density at radius 1 is 1.12 bits per heavy atom. The van der Waals surface area contributed by atoms with E-state index in [9.17, 15) is 14.7 Å². The third kappa shape index (κ3) is 2.96. The fourth-order valence-corrected chi connectivity index (χ4v) is 4.52. The lowest BCUT2D eigenvalue weighted by Gasteiger charge is -2.26. The maximum Gasteiger partial charge on any atom is 0.308 e. The first-order valence-corrected chi connectivity index (χ1v) is 9.10. The van der Waals surface area contributed by atoms with E-state index in [0.717, 1.165) is 17.0 Å². The molecule has 5 heteroatoms. The summed E-state index contributed by atoms with van der Waals surface area (Å²) in [5, 5.41) is 9.28. The van der Waals surface area contributed by atoms with Gasteiger partial charge < -0.3 is 14.6 Å². The van der Waals surface area contributed by atoms with Crippen molar-refractivity contribution in [2.45, 2.75) is 58.9 Å². The number of aliphatic carboxylic acids is 1. The van der Waals surface area contributed by atoms with Crippen LogP contribution in [-0.2, 0) is 4.79 Å². The molecule has 1 aliphatic carbocycles. The molecular weight excluding hydrogens is 304 g/mol. The van der Waals surface area contributed by atoms with E-state index in [2.05, 4.69) is 11.5 Å².